The molecule has 0 aliphatic carbocycles. The fraction of sp³-hybridized carbons (Fsp3) is 0. The number of fused-ring (bicyclic) bond motifs is 5. The van der Waals surface area contributed by atoms with Gasteiger partial charge in [-0.15, -0.1) is 11.3 Å². The molecule has 0 fully saturated rings. The maximum atomic E-state index is 13.4. The number of benzene rings is 5. The standard InChI is InChI=1S/C32H19N3O2S3/c36-40(37)29-14-5-2-11-25(29)35(26-12-3-6-15-30(26)40)22-9-7-8-21(18-22)32-33-31(34-39-32)20-16-17-28-24(19-20)23-10-1-4-13-27(23)38-28/h1-19H. The molecule has 1 aliphatic rings. The average molecular weight is 574 g/mol. The van der Waals surface area contributed by atoms with Crippen molar-refractivity contribution in [1.29, 1.82) is 0 Å². The van der Waals surface area contributed by atoms with Crippen LogP contribution in [0.5, 0.6) is 0 Å². The zero-order valence-electron chi connectivity index (χ0n) is 20.9. The van der Waals surface area contributed by atoms with E-state index in [9.17, 15) is 8.42 Å². The molecule has 5 aromatic carbocycles. The van der Waals surface area contributed by atoms with Gasteiger partial charge in [-0.1, -0.05) is 54.6 Å². The largest absolute Gasteiger partial charge is 0.308 e. The molecule has 0 atom stereocenters. The highest BCUT2D eigenvalue weighted by molar-refractivity contribution is 7.92. The quantitative estimate of drug-likeness (QED) is 0.211. The van der Waals surface area contributed by atoms with Crippen molar-refractivity contribution in [2.24, 2.45) is 0 Å². The van der Waals surface area contributed by atoms with E-state index in [0.29, 0.717) is 27.0 Å². The van der Waals surface area contributed by atoms with Gasteiger partial charge in [0.25, 0.3) is 0 Å². The zero-order valence-corrected chi connectivity index (χ0v) is 23.3. The van der Waals surface area contributed by atoms with Crippen LogP contribution in [-0.4, -0.2) is 17.8 Å². The molecule has 3 heterocycles. The van der Waals surface area contributed by atoms with E-state index in [0.717, 1.165) is 21.8 Å². The van der Waals surface area contributed by atoms with Crippen LogP contribution in [0.4, 0.5) is 17.1 Å². The topological polar surface area (TPSA) is 63.2 Å². The predicted molar refractivity (Wildman–Crippen MR) is 164 cm³/mol. The molecule has 192 valence electrons. The molecule has 1 aliphatic heterocycles. The summed E-state index contributed by atoms with van der Waals surface area (Å²) in [5.74, 6) is 0.697. The SMILES string of the molecule is O=S1(=O)c2ccccc2N(c2cccc(-c3nc(-c4ccc5sc6ccccc6c5c4)ns3)c2)c2ccccc21. The Kier molecular flexibility index (Phi) is 5.19. The molecule has 0 saturated heterocycles. The third-order valence-electron chi connectivity index (χ3n) is 7.20. The van der Waals surface area contributed by atoms with E-state index < -0.39 is 9.84 Å². The summed E-state index contributed by atoms with van der Waals surface area (Å²) in [4.78, 5) is 7.52. The van der Waals surface area contributed by atoms with Gasteiger partial charge in [-0.3, -0.25) is 0 Å². The Balaban J connectivity index is 1.22. The number of anilines is 3. The molecule has 0 bridgehead atoms. The van der Waals surface area contributed by atoms with Crippen LogP contribution in [0.3, 0.4) is 0 Å². The van der Waals surface area contributed by atoms with Crippen molar-refractivity contribution in [1.82, 2.24) is 9.36 Å². The van der Waals surface area contributed by atoms with Gasteiger partial charge in [0.2, 0.25) is 9.84 Å². The van der Waals surface area contributed by atoms with E-state index in [1.165, 1.54) is 31.7 Å². The van der Waals surface area contributed by atoms with Gasteiger partial charge in [0.05, 0.1) is 21.2 Å². The minimum absolute atomic E-state index is 0.300. The number of aromatic nitrogens is 2. The van der Waals surface area contributed by atoms with Crippen LogP contribution in [0, 0.1) is 0 Å². The smallest absolute Gasteiger partial charge is 0.210 e. The maximum absolute atomic E-state index is 13.4. The fourth-order valence-electron chi connectivity index (χ4n) is 5.37. The van der Waals surface area contributed by atoms with Crippen molar-refractivity contribution in [2.45, 2.75) is 9.79 Å². The van der Waals surface area contributed by atoms with Crippen molar-refractivity contribution in [2.75, 3.05) is 4.90 Å². The summed E-state index contributed by atoms with van der Waals surface area (Å²) in [6.07, 6.45) is 0. The number of sulfone groups is 1. The van der Waals surface area contributed by atoms with Crippen LogP contribution in [0.1, 0.15) is 0 Å². The van der Waals surface area contributed by atoms with Gasteiger partial charge in [-0.05, 0) is 72.2 Å². The summed E-state index contributed by atoms with van der Waals surface area (Å²) >= 11 is 3.15. The summed E-state index contributed by atoms with van der Waals surface area (Å²) in [7, 11) is -3.62. The fourth-order valence-corrected chi connectivity index (χ4v) is 8.75. The van der Waals surface area contributed by atoms with E-state index in [2.05, 4.69) is 42.5 Å². The van der Waals surface area contributed by atoms with Crippen LogP contribution in [0.2, 0.25) is 0 Å². The van der Waals surface area contributed by atoms with E-state index in [1.54, 1.807) is 35.6 Å². The van der Waals surface area contributed by atoms with Crippen molar-refractivity contribution in [3.8, 4) is 22.0 Å². The van der Waals surface area contributed by atoms with Crippen LogP contribution in [-0.2, 0) is 9.84 Å². The summed E-state index contributed by atoms with van der Waals surface area (Å²) in [5.41, 5.74) is 4.03. The van der Waals surface area contributed by atoms with Gasteiger partial charge >= 0.3 is 0 Å². The number of rotatable bonds is 3. The normalized spacial score (nSPS) is 13.8. The summed E-state index contributed by atoms with van der Waals surface area (Å²) < 4.78 is 34.0. The molecule has 8 heteroatoms. The molecule has 0 unspecified atom stereocenters. The summed E-state index contributed by atoms with van der Waals surface area (Å²) in [6.45, 7) is 0. The Hall–Kier alpha value is -4.37. The van der Waals surface area contributed by atoms with E-state index in [4.69, 9.17) is 9.36 Å². The Morgan fingerprint density at radius 3 is 2.12 bits per heavy atom. The molecule has 0 N–H and O–H groups in total. The first-order valence-electron chi connectivity index (χ1n) is 12.7. The lowest BCUT2D eigenvalue weighted by Gasteiger charge is -2.33. The maximum Gasteiger partial charge on any atom is 0.210 e. The number of hydrogen-bond acceptors (Lipinski definition) is 7. The molecule has 8 rings (SSSR count). The first kappa shape index (κ1) is 23.5. The average Bonchev–Trinajstić information content (AvgIpc) is 3.63. The number of hydrogen-bond donors (Lipinski definition) is 0. The predicted octanol–water partition coefficient (Wildman–Crippen LogP) is 8.86. The Labute approximate surface area is 238 Å². The molecule has 7 aromatic rings. The lowest BCUT2D eigenvalue weighted by molar-refractivity contribution is 0.595. The third kappa shape index (κ3) is 3.54. The minimum Gasteiger partial charge on any atom is -0.308 e. The second-order valence-electron chi connectivity index (χ2n) is 9.56. The van der Waals surface area contributed by atoms with Gasteiger partial charge in [-0.2, -0.15) is 4.37 Å². The number of para-hydroxylation sites is 2. The van der Waals surface area contributed by atoms with Gasteiger partial charge in [-0.25, -0.2) is 13.4 Å². The Morgan fingerprint density at radius 2 is 1.32 bits per heavy atom. The minimum atomic E-state index is -3.62. The van der Waals surface area contributed by atoms with Crippen molar-refractivity contribution in [3.63, 3.8) is 0 Å². The molecular weight excluding hydrogens is 555 g/mol. The molecule has 2 aromatic heterocycles. The van der Waals surface area contributed by atoms with Crippen molar-refractivity contribution >= 4 is 69.9 Å². The third-order valence-corrected chi connectivity index (χ3v) is 11.0. The molecule has 40 heavy (non-hydrogen) atoms. The second kappa shape index (κ2) is 8.82. The number of thiophene rings is 1. The van der Waals surface area contributed by atoms with Gasteiger partial charge in [0.15, 0.2) is 5.82 Å². The summed E-state index contributed by atoms with van der Waals surface area (Å²) in [6, 6.07) is 37.2. The molecule has 0 radical (unpaired) electrons. The second-order valence-corrected chi connectivity index (χ2v) is 13.3. The Bertz CT molecular complexity index is 2160. The van der Waals surface area contributed by atoms with Crippen LogP contribution >= 0.6 is 22.9 Å². The van der Waals surface area contributed by atoms with Gasteiger partial charge in [0.1, 0.15) is 5.01 Å². The van der Waals surface area contributed by atoms with Crippen LogP contribution in [0.15, 0.2) is 125 Å². The van der Waals surface area contributed by atoms with Crippen LogP contribution in [0.25, 0.3) is 42.1 Å². The van der Waals surface area contributed by atoms with Crippen LogP contribution < -0.4 is 4.90 Å². The Morgan fingerprint density at radius 1 is 0.625 bits per heavy atom. The molecule has 0 amide bonds. The first-order chi connectivity index (χ1) is 19.6. The highest BCUT2D eigenvalue weighted by Crippen LogP contribution is 2.48. The summed E-state index contributed by atoms with van der Waals surface area (Å²) in [5, 5.41) is 3.27. The molecular formula is C32H19N3O2S3. The number of nitrogens with zero attached hydrogens (tertiary/aromatic N) is 3. The monoisotopic (exact) mass is 573 g/mol. The molecule has 0 spiro atoms. The first-order valence-corrected chi connectivity index (χ1v) is 15.7. The van der Waals surface area contributed by atoms with E-state index in [-0.39, 0.29) is 0 Å². The van der Waals surface area contributed by atoms with Gasteiger partial charge in [0, 0.05) is 37.0 Å². The highest BCUT2D eigenvalue weighted by atomic mass is 32.2. The molecule has 0 saturated carbocycles. The molecule has 5 nitrogen and oxygen atoms in total. The van der Waals surface area contributed by atoms with E-state index >= 15 is 0 Å². The van der Waals surface area contributed by atoms with Crippen molar-refractivity contribution in [3.05, 3.63) is 115 Å². The highest BCUT2D eigenvalue weighted by Gasteiger charge is 2.34. The van der Waals surface area contributed by atoms with Crippen molar-refractivity contribution < 1.29 is 8.42 Å². The van der Waals surface area contributed by atoms with E-state index in [1.807, 2.05) is 53.4 Å². The lowest BCUT2D eigenvalue weighted by atomic mass is 10.1. The zero-order chi connectivity index (χ0) is 26.8. The van der Waals surface area contributed by atoms with Gasteiger partial charge < -0.3 is 4.90 Å². The lowest BCUT2D eigenvalue weighted by Crippen LogP contribution is -2.22.